The van der Waals surface area contributed by atoms with Gasteiger partial charge < -0.3 is 14.2 Å². The molecule has 0 unspecified atom stereocenters. The predicted octanol–water partition coefficient (Wildman–Crippen LogP) is 10.5. The van der Waals surface area contributed by atoms with Crippen molar-refractivity contribution in [3.63, 3.8) is 0 Å². The third-order valence-corrected chi connectivity index (χ3v) is 10.0. The number of rotatable bonds is 5. The van der Waals surface area contributed by atoms with Crippen LogP contribution < -0.4 is 19.7 Å². The molecule has 0 atom stereocenters. The summed E-state index contributed by atoms with van der Waals surface area (Å²) in [4.78, 5) is 12.0. The number of benzene rings is 4. The Hall–Kier alpha value is -5.56. The second-order valence-corrected chi connectivity index (χ2v) is 15.7. The quantitative estimate of drug-likeness (QED) is 0.171. The molecule has 1 aliphatic heterocycles. The summed E-state index contributed by atoms with van der Waals surface area (Å²) in [5.41, 5.74) is 8.95. The fraction of sp³-hybridized carbons (Fsp3) is 0.227. The van der Waals surface area contributed by atoms with Crippen molar-refractivity contribution in [3.05, 3.63) is 138 Å². The van der Waals surface area contributed by atoms with Crippen LogP contribution in [0.3, 0.4) is 0 Å². The Morgan fingerprint density at radius 3 is 1.92 bits per heavy atom. The minimum absolute atomic E-state index is 0.00359. The van der Waals surface area contributed by atoms with Gasteiger partial charge in [0.2, 0.25) is 0 Å². The van der Waals surface area contributed by atoms with Crippen molar-refractivity contribution in [3.8, 4) is 23.1 Å². The second kappa shape index (κ2) is 12.0. The third kappa shape index (κ3) is 5.81. The van der Waals surface area contributed by atoms with E-state index in [-0.39, 0.29) is 17.9 Å². The highest BCUT2D eigenvalue weighted by atomic mass is 16.5. The van der Waals surface area contributed by atoms with E-state index in [9.17, 15) is 0 Å². The molecule has 7 aromatic rings. The molecule has 0 N–H and O–H groups in total. The topological polar surface area (TPSA) is 52.4 Å². The molecule has 7 heteroatoms. The average molecular weight is 671 g/mol. The van der Waals surface area contributed by atoms with E-state index in [1.165, 1.54) is 27.6 Å². The number of pyridine rings is 2. The molecule has 0 saturated heterocycles. The molecule has 3 aromatic heterocycles. The molecule has 4 aromatic carbocycles. The summed E-state index contributed by atoms with van der Waals surface area (Å²) >= 11 is 0. The minimum Gasteiger partial charge on any atom is -0.536 e. The summed E-state index contributed by atoms with van der Waals surface area (Å²) in [5, 5.41) is 2.32. The molecule has 4 heterocycles. The Balaban J connectivity index is 1.23. The van der Waals surface area contributed by atoms with E-state index in [0.717, 1.165) is 50.7 Å². The number of para-hydroxylation sites is 1. The molecule has 0 amide bonds. The van der Waals surface area contributed by atoms with E-state index in [1.54, 1.807) is 0 Å². The van der Waals surface area contributed by atoms with Gasteiger partial charge >= 0.3 is 7.05 Å². The van der Waals surface area contributed by atoms with Crippen molar-refractivity contribution in [1.29, 1.82) is 0 Å². The Morgan fingerprint density at radius 2 is 1.22 bits per heavy atom. The normalized spacial score (nSPS) is 13.2. The first-order valence-electron chi connectivity index (χ1n) is 17.7. The molecule has 8 rings (SSSR count). The maximum atomic E-state index is 6.76. The van der Waals surface area contributed by atoms with E-state index in [4.69, 9.17) is 19.4 Å². The molecule has 0 bridgehead atoms. The van der Waals surface area contributed by atoms with Crippen LogP contribution >= 0.6 is 0 Å². The Morgan fingerprint density at radius 1 is 0.608 bits per heavy atom. The number of nitrogens with zero attached hydrogens (tertiary/aromatic N) is 4. The van der Waals surface area contributed by atoms with Gasteiger partial charge in [-0.3, -0.25) is 4.57 Å². The monoisotopic (exact) mass is 670 g/mol. The molecule has 0 fully saturated rings. The molecule has 1 aliphatic rings. The van der Waals surface area contributed by atoms with Crippen molar-refractivity contribution in [2.45, 2.75) is 66.2 Å². The number of fused-ring (bicyclic) bond motifs is 4. The van der Waals surface area contributed by atoms with Gasteiger partial charge in [-0.05, 0) is 95.9 Å². The van der Waals surface area contributed by atoms with Gasteiger partial charge in [0.15, 0.2) is 0 Å². The summed E-state index contributed by atoms with van der Waals surface area (Å²) in [6, 6.07) is 35.9. The van der Waals surface area contributed by atoms with Crippen LogP contribution in [-0.4, -0.2) is 21.6 Å². The summed E-state index contributed by atoms with van der Waals surface area (Å²) < 4.78 is 15.7. The molecular weight excluding hydrogens is 627 g/mol. The molecule has 6 nitrogen and oxygen atoms in total. The van der Waals surface area contributed by atoms with Gasteiger partial charge in [0.25, 0.3) is 0 Å². The first kappa shape index (κ1) is 32.6. The Bertz CT molecular complexity index is 2430. The lowest BCUT2D eigenvalue weighted by Crippen LogP contribution is -2.49. The maximum absolute atomic E-state index is 6.76. The third-order valence-electron chi connectivity index (χ3n) is 10.0. The number of hydrogen-bond donors (Lipinski definition) is 0. The van der Waals surface area contributed by atoms with Crippen LogP contribution in [0.15, 0.2) is 116 Å². The van der Waals surface area contributed by atoms with Crippen LogP contribution in [0.4, 0.5) is 11.5 Å². The van der Waals surface area contributed by atoms with Crippen LogP contribution in [0.25, 0.3) is 27.6 Å². The largest absolute Gasteiger partial charge is 0.536 e. The molecule has 0 spiro atoms. The van der Waals surface area contributed by atoms with Crippen LogP contribution in [0, 0.1) is 13.8 Å². The summed E-state index contributed by atoms with van der Waals surface area (Å²) in [5.74, 6) is 3.97. The van der Waals surface area contributed by atoms with Crippen molar-refractivity contribution in [2.75, 3.05) is 4.81 Å². The summed E-state index contributed by atoms with van der Waals surface area (Å²) in [6.07, 6.45) is 3.81. The predicted molar refractivity (Wildman–Crippen MR) is 211 cm³/mol. The van der Waals surface area contributed by atoms with Gasteiger partial charge in [0.05, 0.1) is 16.7 Å². The average Bonchev–Trinajstić information content (AvgIpc) is 3.63. The van der Waals surface area contributed by atoms with E-state index in [1.807, 2.05) is 30.6 Å². The number of aromatic nitrogens is 3. The lowest BCUT2D eigenvalue weighted by molar-refractivity contribution is 0.482. The zero-order valence-electron chi connectivity index (χ0n) is 30.7. The van der Waals surface area contributed by atoms with Gasteiger partial charge in [-0.1, -0.05) is 89.1 Å². The minimum atomic E-state index is -0.373. The fourth-order valence-corrected chi connectivity index (χ4v) is 7.22. The number of ether oxygens (including phenoxy) is 1. The van der Waals surface area contributed by atoms with E-state index in [0.29, 0.717) is 5.75 Å². The number of hydrogen-bond acceptors (Lipinski definition) is 5. The van der Waals surface area contributed by atoms with Crippen molar-refractivity contribution >= 4 is 45.8 Å². The van der Waals surface area contributed by atoms with E-state index < -0.39 is 0 Å². The Kier molecular flexibility index (Phi) is 7.71. The summed E-state index contributed by atoms with van der Waals surface area (Å²) in [6.45, 7) is 17.7. The highest BCUT2D eigenvalue weighted by Gasteiger charge is 2.42. The SMILES string of the molecule is Cc1cccc(C)c1B1Oc2ccc(Oc3ccc4c5ccccc5n(-c5cc(C(C)(C)C)ccn5)c4c3)cc2N1c1cc(C(C)(C)C)ccn1. The standard InChI is InChI=1S/C44H43BN4O2/c1-28-12-11-13-29(2)42(28)45-49(41-25-31(21-23-47-41)44(6,7)8)38-27-33(17-19-39(38)51-45)50-32-16-18-35-34-14-9-10-15-36(34)48(37(35)26-32)40-24-30(20-22-46-40)43(3,4)5/h9-27H,1-8H3. The zero-order valence-corrected chi connectivity index (χ0v) is 30.7. The molecule has 0 aliphatic carbocycles. The lowest BCUT2D eigenvalue weighted by Gasteiger charge is -2.26. The number of anilines is 2. The highest BCUT2D eigenvalue weighted by molar-refractivity contribution is 6.75. The van der Waals surface area contributed by atoms with Gasteiger partial charge in [0, 0.05) is 35.3 Å². The van der Waals surface area contributed by atoms with Gasteiger partial charge in [-0.2, -0.15) is 0 Å². The second-order valence-electron chi connectivity index (χ2n) is 15.7. The fourth-order valence-electron chi connectivity index (χ4n) is 7.22. The van der Waals surface area contributed by atoms with Gasteiger partial charge in [0.1, 0.15) is 28.9 Å². The summed E-state index contributed by atoms with van der Waals surface area (Å²) in [7, 11) is -0.373. The van der Waals surface area contributed by atoms with E-state index >= 15 is 0 Å². The van der Waals surface area contributed by atoms with Crippen LogP contribution in [0.1, 0.15) is 63.8 Å². The van der Waals surface area contributed by atoms with Gasteiger partial charge in [-0.15, -0.1) is 0 Å². The van der Waals surface area contributed by atoms with Crippen molar-refractivity contribution in [2.24, 2.45) is 0 Å². The van der Waals surface area contributed by atoms with Gasteiger partial charge in [-0.25, -0.2) is 9.97 Å². The van der Waals surface area contributed by atoms with Crippen LogP contribution in [-0.2, 0) is 10.8 Å². The zero-order chi connectivity index (χ0) is 35.7. The van der Waals surface area contributed by atoms with Crippen molar-refractivity contribution in [1.82, 2.24) is 14.5 Å². The van der Waals surface area contributed by atoms with Crippen LogP contribution in [0.2, 0.25) is 0 Å². The smallest absolute Gasteiger partial charge is 0.526 e. The van der Waals surface area contributed by atoms with Crippen LogP contribution in [0.5, 0.6) is 17.2 Å². The molecular formula is C44H43BN4O2. The molecule has 0 saturated carbocycles. The van der Waals surface area contributed by atoms with Crippen molar-refractivity contribution < 1.29 is 9.39 Å². The Labute approximate surface area is 300 Å². The molecule has 0 radical (unpaired) electrons. The first-order chi connectivity index (χ1) is 24.4. The highest BCUT2D eigenvalue weighted by Crippen LogP contribution is 2.44. The molecule has 51 heavy (non-hydrogen) atoms. The van der Waals surface area contributed by atoms with E-state index in [2.05, 4.69) is 150 Å². The lowest BCUT2D eigenvalue weighted by atomic mass is 9.67. The molecule has 254 valence electrons. The maximum Gasteiger partial charge on any atom is 0.526 e. The first-order valence-corrected chi connectivity index (χ1v) is 17.7. The number of aryl methyl sites for hydroxylation is 2.